The molecule has 0 spiro atoms. The molecule has 1 aliphatic heterocycles. The first-order valence-corrected chi connectivity index (χ1v) is 6.93. The zero-order valence-electron chi connectivity index (χ0n) is 11.5. The van der Waals surface area contributed by atoms with E-state index in [1.54, 1.807) is 6.07 Å². The smallest absolute Gasteiger partial charge is 0.231 e. The highest BCUT2D eigenvalue weighted by Crippen LogP contribution is 2.51. The highest BCUT2D eigenvalue weighted by atomic mass is 16.7. The van der Waals surface area contributed by atoms with Crippen LogP contribution in [0.25, 0.3) is 0 Å². The van der Waals surface area contributed by atoms with Crippen LogP contribution in [0, 0.1) is 11.3 Å². The molecule has 0 bridgehead atoms. The number of hydrogen-bond acceptors (Lipinski definition) is 4. The molecule has 4 nitrogen and oxygen atoms in total. The molecule has 0 unspecified atom stereocenters. The van der Waals surface area contributed by atoms with Gasteiger partial charge in [-0.05, 0) is 30.2 Å². The van der Waals surface area contributed by atoms with Gasteiger partial charge in [-0.2, -0.15) is 0 Å². The lowest BCUT2D eigenvalue weighted by molar-refractivity contribution is 0.174. The second-order valence-corrected chi connectivity index (χ2v) is 5.95. The lowest BCUT2D eigenvalue weighted by Gasteiger charge is -2.20. The van der Waals surface area contributed by atoms with E-state index in [2.05, 4.69) is 19.2 Å². The van der Waals surface area contributed by atoms with E-state index >= 15 is 0 Å². The number of phenols is 1. The molecule has 1 aromatic carbocycles. The summed E-state index contributed by atoms with van der Waals surface area (Å²) < 4.78 is 10.6. The van der Waals surface area contributed by atoms with Crippen LogP contribution in [0.3, 0.4) is 0 Å². The van der Waals surface area contributed by atoms with Gasteiger partial charge in [0.1, 0.15) is 5.75 Å². The van der Waals surface area contributed by atoms with Crippen molar-refractivity contribution >= 4 is 0 Å². The van der Waals surface area contributed by atoms with Crippen molar-refractivity contribution < 1.29 is 14.6 Å². The molecule has 4 heteroatoms. The molecule has 104 valence electrons. The Morgan fingerprint density at radius 2 is 1.95 bits per heavy atom. The van der Waals surface area contributed by atoms with Crippen molar-refractivity contribution in [1.29, 1.82) is 0 Å². The van der Waals surface area contributed by atoms with E-state index < -0.39 is 0 Å². The molecule has 1 aliphatic carbocycles. The molecule has 2 N–H and O–H groups in total. The Morgan fingerprint density at radius 3 is 2.58 bits per heavy atom. The number of phenolic OH excluding ortho intramolecular Hbond substituents is 1. The molecule has 3 rings (SSSR count). The third-order valence-electron chi connectivity index (χ3n) is 4.48. The quantitative estimate of drug-likeness (QED) is 0.857. The minimum atomic E-state index is 0.238. The molecule has 1 heterocycles. The molecule has 0 atom stereocenters. The first-order valence-electron chi connectivity index (χ1n) is 6.93. The molecule has 0 amide bonds. The van der Waals surface area contributed by atoms with Crippen molar-refractivity contribution in [3.63, 3.8) is 0 Å². The third-order valence-corrected chi connectivity index (χ3v) is 4.48. The number of fused-ring (bicyclic) bond motifs is 1. The Balaban J connectivity index is 1.61. The fourth-order valence-corrected chi connectivity index (χ4v) is 2.68. The van der Waals surface area contributed by atoms with Crippen LogP contribution in [-0.4, -0.2) is 18.4 Å². The summed E-state index contributed by atoms with van der Waals surface area (Å²) in [5.74, 6) is 2.33. The fraction of sp³-hybridized carbons (Fsp3) is 0.600. The minimum absolute atomic E-state index is 0.238. The van der Waals surface area contributed by atoms with E-state index in [0.717, 1.165) is 17.9 Å². The van der Waals surface area contributed by atoms with Crippen molar-refractivity contribution in [3.8, 4) is 17.2 Å². The summed E-state index contributed by atoms with van der Waals surface area (Å²) in [4.78, 5) is 0. The molecule has 0 radical (unpaired) electrons. The molecule has 1 fully saturated rings. The van der Waals surface area contributed by atoms with E-state index in [9.17, 15) is 5.11 Å². The first-order chi connectivity index (χ1) is 9.11. The van der Waals surface area contributed by atoms with Gasteiger partial charge in [0, 0.05) is 24.7 Å². The van der Waals surface area contributed by atoms with Gasteiger partial charge in [0.15, 0.2) is 11.5 Å². The van der Waals surface area contributed by atoms with Gasteiger partial charge in [-0.25, -0.2) is 0 Å². The van der Waals surface area contributed by atoms with Gasteiger partial charge in [-0.1, -0.05) is 13.8 Å². The van der Waals surface area contributed by atoms with Crippen LogP contribution in [-0.2, 0) is 6.54 Å². The lowest BCUT2D eigenvalue weighted by atomic mass is 9.92. The zero-order valence-corrected chi connectivity index (χ0v) is 11.5. The number of aromatic hydroxyl groups is 1. The summed E-state index contributed by atoms with van der Waals surface area (Å²) in [7, 11) is 0. The van der Waals surface area contributed by atoms with Crippen LogP contribution in [0.15, 0.2) is 12.1 Å². The Kier molecular flexibility index (Phi) is 3.05. The van der Waals surface area contributed by atoms with Gasteiger partial charge in [0.05, 0.1) is 0 Å². The normalized spacial score (nSPS) is 18.9. The predicted octanol–water partition coefficient (Wildman–Crippen LogP) is 2.65. The van der Waals surface area contributed by atoms with Gasteiger partial charge >= 0.3 is 0 Å². The summed E-state index contributed by atoms with van der Waals surface area (Å²) in [6.07, 6.45) is 2.62. The summed E-state index contributed by atoms with van der Waals surface area (Å²) >= 11 is 0. The summed E-state index contributed by atoms with van der Waals surface area (Å²) in [5, 5.41) is 13.4. The molecule has 1 saturated carbocycles. The third kappa shape index (κ3) is 2.37. The number of nitrogens with one attached hydrogen (secondary N) is 1. The van der Waals surface area contributed by atoms with E-state index in [-0.39, 0.29) is 12.5 Å². The van der Waals surface area contributed by atoms with Crippen LogP contribution in [0.5, 0.6) is 17.2 Å². The monoisotopic (exact) mass is 263 g/mol. The highest BCUT2D eigenvalue weighted by molar-refractivity contribution is 5.51. The van der Waals surface area contributed by atoms with Crippen molar-refractivity contribution in [3.05, 3.63) is 17.7 Å². The summed E-state index contributed by atoms with van der Waals surface area (Å²) in [5.41, 5.74) is 1.34. The average molecular weight is 263 g/mol. The largest absolute Gasteiger partial charge is 0.507 e. The van der Waals surface area contributed by atoms with Crippen LogP contribution in [0.4, 0.5) is 0 Å². The van der Waals surface area contributed by atoms with Crippen LogP contribution < -0.4 is 14.8 Å². The van der Waals surface area contributed by atoms with Gasteiger partial charge in [-0.3, -0.25) is 0 Å². The number of rotatable bonds is 5. The standard InChI is InChI=1S/C15H21NO3/c1-10(2)15(3-4-15)8-16-7-11-5-13-14(6-12(11)17)19-9-18-13/h5-6,10,16-17H,3-4,7-9H2,1-2H3. The SMILES string of the molecule is CC(C)C1(CNCc2cc3c(cc2O)OCO3)CC1. The van der Waals surface area contributed by atoms with Crippen molar-refractivity contribution in [2.75, 3.05) is 13.3 Å². The maximum Gasteiger partial charge on any atom is 0.231 e. The van der Waals surface area contributed by atoms with Gasteiger partial charge in [0.25, 0.3) is 0 Å². The molecule has 0 aromatic heterocycles. The highest BCUT2D eigenvalue weighted by Gasteiger charge is 2.44. The first kappa shape index (κ1) is 12.6. The van der Waals surface area contributed by atoms with Crippen LogP contribution in [0.1, 0.15) is 32.3 Å². The van der Waals surface area contributed by atoms with Crippen molar-refractivity contribution in [1.82, 2.24) is 5.32 Å². The van der Waals surface area contributed by atoms with Crippen molar-refractivity contribution in [2.45, 2.75) is 33.2 Å². The topological polar surface area (TPSA) is 50.7 Å². The van der Waals surface area contributed by atoms with Crippen molar-refractivity contribution in [2.24, 2.45) is 11.3 Å². The van der Waals surface area contributed by atoms with Gasteiger partial charge < -0.3 is 19.9 Å². The number of ether oxygens (including phenoxy) is 2. The van der Waals surface area contributed by atoms with E-state index in [1.165, 1.54) is 12.8 Å². The lowest BCUT2D eigenvalue weighted by Crippen LogP contribution is -2.27. The van der Waals surface area contributed by atoms with Crippen LogP contribution >= 0.6 is 0 Å². The van der Waals surface area contributed by atoms with Gasteiger partial charge in [0.2, 0.25) is 6.79 Å². The number of hydrogen-bond donors (Lipinski definition) is 2. The average Bonchev–Trinajstić information content (AvgIpc) is 3.03. The Labute approximate surface area is 113 Å². The molecular weight excluding hydrogens is 242 g/mol. The minimum Gasteiger partial charge on any atom is -0.507 e. The Bertz CT molecular complexity index is 481. The predicted molar refractivity (Wildman–Crippen MR) is 72.4 cm³/mol. The fourth-order valence-electron chi connectivity index (χ4n) is 2.68. The second kappa shape index (κ2) is 4.60. The Morgan fingerprint density at radius 1 is 1.26 bits per heavy atom. The van der Waals surface area contributed by atoms with E-state index in [1.807, 2.05) is 6.07 Å². The molecular formula is C15H21NO3. The zero-order chi connectivity index (χ0) is 13.5. The molecule has 0 saturated heterocycles. The summed E-state index contributed by atoms with van der Waals surface area (Å²) in [6, 6.07) is 3.49. The summed E-state index contributed by atoms with van der Waals surface area (Å²) in [6.45, 7) is 6.48. The van der Waals surface area contributed by atoms with Crippen LogP contribution in [0.2, 0.25) is 0 Å². The molecule has 1 aromatic rings. The number of benzene rings is 1. The van der Waals surface area contributed by atoms with E-state index in [4.69, 9.17) is 9.47 Å². The molecule has 2 aliphatic rings. The Hall–Kier alpha value is -1.42. The maximum absolute atomic E-state index is 9.95. The molecule has 19 heavy (non-hydrogen) atoms. The second-order valence-electron chi connectivity index (χ2n) is 5.95. The van der Waals surface area contributed by atoms with E-state index in [0.29, 0.717) is 23.6 Å². The maximum atomic E-state index is 9.95. The van der Waals surface area contributed by atoms with Gasteiger partial charge in [-0.15, -0.1) is 0 Å².